The van der Waals surface area contributed by atoms with Crippen molar-refractivity contribution in [2.24, 2.45) is 0 Å². The van der Waals surface area contributed by atoms with Crippen LogP contribution in [0.4, 0.5) is 0 Å². The number of amides is 3. The predicted molar refractivity (Wildman–Crippen MR) is 119 cm³/mol. The Balaban J connectivity index is 1.91. The number of nitrogens with zero attached hydrogens (tertiary/aromatic N) is 2. The number of hydrogen-bond donors (Lipinski definition) is 5. The van der Waals surface area contributed by atoms with E-state index in [2.05, 4.69) is 30.6 Å². The van der Waals surface area contributed by atoms with E-state index in [4.69, 9.17) is 0 Å². The average molecular weight is 460 g/mol. The second-order valence-electron chi connectivity index (χ2n) is 8.24. The smallest absolute Gasteiger partial charge is 0.326 e. The average Bonchev–Trinajstić information content (AvgIpc) is 3.44. The fraction of sp³-hybridized carbons (Fsp3) is 0.524. The van der Waals surface area contributed by atoms with E-state index in [0.29, 0.717) is 31.6 Å². The van der Waals surface area contributed by atoms with Crippen LogP contribution >= 0.6 is 0 Å². The minimum absolute atomic E-state index is 0.0909. The predicted octanol–water partition coefficient (Wildman–Crippen LogP) is -0.622. The molecule has 178 valence electrons. The van der Waals surface area contributed by atoms with E-state index in [1.807, 2.05) is 0 Å². The van der Waals surface area contributed by atoms with E-state index in [1.54, 1.807) is 20.8 Å². The van der Waals surface area contributed by atoms with Gasteiger partial charge in [-0.2, -0.15) is 0 Å². The molecule has 0 aliphatic carbocycles. The molecule has 12 heteroatoms. The molecule has 0 saturated carbocycles. The highest BCUT2D eigenvalue weighted by molar-refractivity contribution is 5.98. The molecule has 1 aliphatic heterocycles. The Morgan fingerprint density at radius 1 is 1.24 bits per heavy atom. The number of aromatic nitrogens is 4. The lowest BCUT2D eigenvalue weighted by Gasteiger charge is -2.28. The van der Waals surface area contributed by atoms with Gasteiger partial charge in [0.05, 0.1) is 6.33 Å². The van der Waals surface area contributed by atoms with Gasteiger partial charge >= 0.3 is 5.69 Å². The van der Waals surface area contributed by atoms with Crippen LogP contribution in [0.3, 0.4) is 0 Å². The second kappa shape index (κ2) is 10.3. The van der Waals surface area contributed by atoms with Crippen molar-refractivity contribution in [3.63, 3.8) is 0 Å². The van der Waals surface area contributed by atoms with Gasteiger partial charge in [-0.25, -0.2) is 9.78 Å². The van der Waals surface area contributed by atoms with Gasteiger partial charge in [-0.3, -0.25) is 24.2 Å². The Kier molecular flexibility index (Phi) is 7.46. The molecular formula is C21H29N7O5. The van der Waals surface area contributed by atoms with Crippen molar-refractivity contribution in [3.05, 3.63) is 50.3 Å². The zero-order valence-corrected chi connectivity index (χ0v) is 18.9. The standard InChI is InChI=1S/C21H29N7O5/c1-4-23-17(29)14-6-5-7-28(14)20(32)13(8-12-9-22-10-24-12)25-19(31)16-15(11(2)3)18(30)27-21(33)26-16/h9-11,13-14H,4-8H2,1-3H3,(H,22,24)(H,23,29)(H,25,31)(H2,26,27,30,33)/t13-,14-/m0/s1. The monoisotopic (exact) mass is 459 g/mol. The van der Waals surface area contributed by atoms with Gasteiger partial charge in [0.1, 0.15) is 17.8 Å². The summed E-state index contributed by atoms with van der Waals surface area (Å²) in [6, 6.07) is -1.67. The summed E-state index contributed by atoms with van der Waals surface area (Å²) in [7, 11) is 0. The quantitative estimate of drug-likeness (QED) is 0.352. The molecule has 1 saturated heterocycles. The highest BCUT2D eigenvalue weighted by Crippen LogP contribution is 2.20. The summed E-state index contributed by atoms with van der Waals surface area (Å²) in [5.74, 6) is -1.77. The number of likely N-dealkylation sites (N-methyl/N-ethyl adjacent to an activating group) is 1. The number of carbonyl (C=O) groups excluding carboxylic acids is 3. The van der Waals surface area contributed by atoms with E-state index < -0.39 is 35.1 Å². The van der Waals surface area contributed by atoms with Crippen LogP contribution in [0.25, 0.3) is 0 Å². The van der Waals surface area contributed by atoms with Gasteiger partial charge in [0.2, 0.25) is 11.8 Å². The maximum atomic E-state index is 13.5. The fourth-order valence-corrected chi connectivity index (χ4v) is 4.07. The van der Waals surface area contributed by atoms with Crippen LogP contribution in [0.2, 0.25) is 0 Å². The number of hydrogen-bond acceptors (Lipinski definition) is 6. The van der Waals surface area contributed by atoms with Gasteiger partial charge in [-0.1, -0.05) is 13.8 Å². The highest BCUT2D eigenvalue weighted by atomic mass is 16.2. The van der Waals surface area contributed by atoms with Gasteiger partial charge in [-0.05, 0) is 25.7 Å². The zero-order chi connectivity index (χ0) is 24.1. The largest absolute Gasteiger partial charge is 0.355 e. The van der Waals surface area contributed by atoms with Crippen molar-refractivity contribution in [2.45, 2.75) is 58.0 Å². The number of H-pyrrole nitrogens is 3. The summed E-state index contributed by atoms with van der Waals surface area (Å²) in [5, 5.41) is 5.40. The number of aromatic amines is 3. The molecule has 12 nitrogen and oxygen atoms in total. The first-order valence-electron chi connectivity index (χ1n) is 11.0. The Morgan fingerprint density at radius 2 is 2.00 bits per heavy atom. The second-order valence-corrected chi connectivity index (χ2v) is 8.24. The molecule has 2 aromatic heterocycles. The first-order valence-corrected chi connectivity index (χ1v) is 11.0. The lowest BCUT2D eigenvalue weighted by molar-refractivity contribution is -0.139. The molecule has 5 N–H and O–H groups in total. The Bertz CT molecular complexity index is 1120. The highest BCUT2D eigenvalue weighted by Gasteiger charge is 2.38. The molecule has 0 spiro atoms. The van der Waals surface area contributed by atoms with Crippen molar-refractivity contribution in [3.8, 4) is 0 Å². The fourth-order valence-electron chi connectivity index (χ4n) is 4.07. The molecular weight excluding hydrogens is 430 g/mol. The number of rotatable bonds is 8. The van der Waals surface area contributed by atoms with Gasteiger partial charge in [-0.15, -0.1) is 0 Å². The van der Waals surface area contributed by atoms with E-state index in [0.717, 1.165) is 0 Å². The minimum atomic E-state index is -1.05. The maximum Gasteiger partial charge on any atom is 0.326 e. The number of likely N-dealkylation sites (tertiary alicyclic amines) is 1. The third-order valence-electron chi connectivity index (χ3n) is 5.56. The molecule has 33 heavy (non-hydrogen) atoms. The summed E-state index contributed by atoms with van der Waals surface area (Å²) in [4.78, 5) is 76.0. The summed E-state index contributed by atoms with van der Waals surface area (Å²) >= 11 is 0. The maximum absolute atomic E-state index is 13.5. The van der Waals surface area contributed by atoms with Crippen molar-refractivity contribution in [2.75, 3.05) is 13.1 Å². The number of nitrogens with one attached hydrogen (secondary N) is 5. The van der Waals surface area contributed by atoms with Crippen molar-refractivity contribution in [1.29, 1.82) is 0 Å². The molecule has 3 amide bonds. The molecule has 0 unspecified atom stereocenters. The number of carbonyl (C=O) groups is 3. The summed E-state index contributed by atoms with van der Waals surface area (Å²) in [6.07, 6.45) is 4.27. The summed E-state index contributed by atoms with van der Waals surface area (Å²) < 4.78 is 0. The molecule has 0 aromatic carbocycles. The molecule has 1 aliphatic rings. The topological polar surface area (TPSA) is 173 Å². The van der Waals surface area contributed by atoms with Crippen LogP contribution in [-0.4, -0.2) is 67.7 Å². The zero-order valence-electron chi connectivity index (χ0n) is 18.9. The van der Waals surface area contributed by atoms with Crippen molar-refractivity contribution in [1.82, 2.24) is 35.5 Å². The molecule has 0 radical (unpaired) electrons. The van der Waals surface area contributed by atoms with Crippen LogP contribution in [0.1, 0.15) is 61.3 Å². The molecule has 3 heterocycles. The molecule has 3 rings (SSSR count). The summed E-state index contributed by atoms with van der Waals surface area (Å²) in [5.41, 5.74) is -0.956. The van der Waals surface area contributed by atoms with Crippen LogP contribution in [0.5, 0.6) is 0 Å². The van der Waals surface area contributed by atoms with E-state index in [-0.39, 0.29) is 29.5 Å². The van der Waals surface area contributed by atoms with E-state index in [9.17, 15) is 24.0 Å². The molecule has 2 atom stereocenters. The Hall–Kier alpha value is -3.70. The van der Waals surface area contributed by atoms with Gasteiger partial charge < -0.3 is 25.5 Å². The molecule has 2 aromatic rings. The molecule has 1 fully saturated rings. The van der Waals surface area contributed by atoms with Gasteiger partial charge in [0.15, 0.2) is 0 Å². The van der Waals surface area contributed by atoms with Gasteiger partial charge in [0.25, 0.3) is 11.5 Å². The van der Waals surface area contributed by atoms with E-state index in [1.165, 1.54) is 17.4 Å². The summed E-state index contributed by atoms with van der Waals surface area (Å²) in [6.45, 7) is 6.06. The van der Waals surface area contributed by atoms with Gasteiger partial charge in [0, 0.05) is 37.0 Å². The first kappa shape index (κ1) is 24.0. The molecule has 0 bridgehead atoms. The third-order valence-corrected chi connectivity index (χ3v) is 5.56. The van der Waals surface area contributed by atoms with Crippen molar-refractivity contribution < 1.29 is 14.4 Å². The number of imidazole rings is 1. The van der Waals surface area contributed by atoms with Crippen LogP contribution in [-0.2, 0) is 16.0 Å². The third kappa shape index (κ3) is 5.38. The minimum Gasteiger partial charge on any atom is -0.355 e. The normalized spacial score (nSPS) is 16.6. The lowest BCUT2D eigenvalue weighted by Crippen LogP contribution is -2.54. The Morgan fingerprint density at radius 3 is 2.64 bits per heavy atom. The van der Waals surface area contributed by atoms with E-state index >= 15 is 0 Å². The van der Waals surface area contributed by atoms with Crippen molar-refractivity contribution >= 4 is 17.7 Å². The Labute approximate surface area is 189 Å². The SMILES string of the molecule is CCNC(=O)[C@@H]1CCCN1C(=O)[C@H](Cc1cnc[nH]1)NC(=O)c1[nH]c(=O)[nH]c(=O)c1C(C)C. The van der Waals surface area contributed by atoms with Crippen LogP contribution < -0.4 is 21.9 Å². The van der Waals surface area contributed by atoms with Crippen LogP contribution in [0, 0.1) is 0 Å². The first-order chi connectivity index (χ1) is 15.7. The van der Waals surface area contributed by atoms with Crippen LogP contribution in [0.15, 0.2) is 22.1 Å². The lowest BCUT2D eigenvalue weighted by atomic mass is 10.0.